The van der Waals surface area contributed by atoms with Gasteiger partial charge in [0.1, 0.15) is 0 Å². The maximum absolute atomic E-state index is 13.1. The monoisotopic (exact) mass is 398 g/mol. The lowest BCUT2D eigenvalue weighted by Gasteiger charge is -2.39. The summed E-state index contributed by atoms with van der Waals surface area (Å²) in [5, 5.41) is 0. The van der Waals surface area contributed by atoms with Gasteiger partial charge in [-0.1, -0.05) is 30.3 Å². The lowest BCUT2D eigenvalue weighted by atomic mass is 9.79. The molecule has 7 nitrogen and oxygen atoms in total. The van der Waals surface area contributed by atoms with E-state index in [0.29, 0.717) is 35.9 Å². The molecule has 0 spiro atoms. The molecule has 29 heavy (non-hydrogen) atoms. The average molecular weight is 399 g/mol. The first-order valence-electron chi connectivity index (χ1n) is 11.3. The van der Waals surface area contributed by atoms with E-state index in [-0.39, 0.29) is 5.92 Å². The van der Waals surface area contributed by atoms with Crippen LogP contribution in [0.25, 0.3) is 0 Å². The van der Waals surface area contributed by atoms with Crippen LogP contribution in [0.2, 0.25) is 0 Å². The highest BCUT2D eigenvalue weighted by Gasteiger charge is 2.40. The third-order valence-corrected chi connectivity index (χ3v) is 7.56. The topological polar surface area (TPSA) is 80.5 Å². The minimum atomic E-state index is 0.180. The summed E-state index contributed by atoms with van der Waals surface area (Å²) in [6.45, 7) is 2.85. The van der Waals surface area contributed by atoms with Gasteiger partial charge in [-0.2, -0.15) is 5.53 Å². The Morgan fingerprint density at radius 2 is 1.76 bits per heavy atom. The van der Waals surface area contributed by atoms with Crippen molar-refractivity contribution in [2.45, 2.75) is 56.7 Å². The summed E-state index contributed by atoms with van der Waals surface area (Å²) in [5.74, 6) is 1.82. The lowest BCUT2D eigenvalue weighted by Crippen LogP contribution is -2.50. The predicted molar refractivity (Wildman–Crippen MR) is 112 cm³/mol. The number of piperidine rings is 1. The van der Waals surface area contributed by atoms with E-state index in [1.54, 1.807) is 0 Å². The van der Waals surface area contributed by atoms with Gasteiger partial charge in [0.25, 0.3) is 0 Å². The summed E-state index contributed by atoms with van der Waals surface area (Å²) < 4.78 is 0. The third-order valence-electron chi connectivity index (χ3n) is 7.56. The number of fused-ring (bicyclic) bond motifs is 1. The van der Waals surface area contributed by atoms with E-state index >= 15 is 0 Å². The summed E-state index contributed by atoms with van der Waals surface area (Å²) in [6, 6.07) is 12.2. The molecule has 5 N–H and O–H groups in total. The van der Waals surface area contributed by atoms with Gasteiger partial charge in [-0.3, -0.25) is 15.6 Å². The van der Waals surface area contributed by atoms with Crippen molar-refractivity contribution in [3.63, 3.8) is 0 Å². The summed E-state index contributed by atoms with van der Waals surface area (Å²) in [6.07, 6.45) is 6.34. The highest BCUT2D eigenvalue weighted by Crippen LogP contribution is 2.32. The van der Waals surface area contributed by atoms with Gasteiger partial charge in [0.2, 0.25) is 5.91 Å². The lowest BCUT2D eigenvalue weighted by molar-refractivity contribution is -0.138. The van der Waals surface area contributed by atoms with Gasteiger partial charge in [-0.05, 0) is 55.9 Å². The molecule has 0 aromatic heterocycles. The molecule has 3 heterocycles. The van der Waals surface area contributed by atoms with Crippen LogP contribution in [0.15, 0.2) is 30.3 Å². The fraction of sp³-hybridized carbons (Fsp3) is 0.682. The Morgan fingerprint density at radius 3 is 2.59 bits per heavy atom. The highest BCUT2D eigenvalue weighted by atomic mass is 16.2. The molecular weight excluding hydrogens is 364 g/mol. The normalized spacial score (nSPS) is 35.6. The number of hydrogen-bond acceptors (Lipinski definition) is 6. The fourth-order valence-electron chi connectivity index (χ4n) is 5.86. The quantitative estimate of drug-likeness (QED) is 0.514. The molecule has 1 saturated carbocycles. The molecular formula is C22H34N6O. The van der Waals surface area contributed by atoms with Crippen molar-refractivity contribution in [3.05, 3.63) is 35.9 Å². The molecule has 5 atom stereocenters. The number of amides is 1. The number of carbonyl (C=O) groups excluding carboxylic acids is 1. The summed E-state index contributed by atoms with van der Waals surface area (Å²) >= 11 is 0. The maximum Gasteiger partial charge on any atom is 0.225 e. The third kappa shape index (κ3) is 4.20. The van der Waals surface area contributed by atoms with E-state index in [0.717, 1.165) is 58.2 Å². The van der Waals surface area contributed by atoms with Crippen LogP contribution in [0.4, 0.5) is 0 Å². The average Bonchev–Trinajstić information content (AvgIpc) is 3.43. The van der Waals surface area contributed by atoms with Crippen LogP contribution < -0.4 is 27.2 Å². The Bertz CT molecular complexity index is 692. The molecule has 5 unspecified atom stereocenters. The van der Waals surface area contributed by atoms with Crippen LogP contribution >= 0.6 is 0 Å². The largest absolute Gasteiger partial charge is 0.342 e. The summed E-state index contributed by atoms with van der Waals surface area (Å²) in [4.78, 5) is 15.2. The van der Waals surface area contributed by atoms with Gasteiger partial charge < -0.3 is 4.90 Å². The Morgan fingerprint density at radius 1 is 0.966 bits per heavy atom. The maximum atomic E-state index is 13.1. The first-order chi connectivity index (χ1) is 14.3. The van der Waals surface area contributed by atoms with Gasteiger partial charge in [0.05, 0.1) is 0 Å². The van der Waals surface area contributed by atoms with Crippen molar-refractivity contribution >= 4 is 5.91 Å². The zero-order chi connectivity index (χ0) is 19.6. The fourth-order valence-corrected chi connectivity index (χ4v) is 5.86. The Balaban J connectivity index is 1.13. The SMILES string of the molecule is O=C(C1CCC2NNNC2C1)N1CCC(C2NNCC2Cc2ccccc2)CC1. The molecule has 1 amide bonds. The van der Waals surface area contributed by atoms with E-state index in [1.807, 2.05) is 0 Å². The number of rotatable bonds is 4. The molecule has 1 aromatic rings. The number of nitrogens with zero attached hydrogens (tertiary/aromatic N) is 1. The van der Waals surface area contributed by atoms with Crippen LogP contribution in [0.3, 0.4) is 0 Å². The number of hydrogen-bond donors (Lipinski definition) is 5. The van der Waals surface area contributed by atoms with Gasteiger partial charge in [-0.25, -0.2) is 10.9 Å². The molecule has 4 aliphatic rings. The number of benzene rings is 1. The van der Waals surface area contributed by atoms with Crippen molar-refractivity contribution in [2.24, 2.45) is 17.8 Å². The van der Waals surface area contributed by atoms with E-state index in [9.17, 15) is 4.79 Å². The number of hydrazine groups is 3. The molecule has 1 aliphatic carbocycles. The first-order valence-corrected chi connectivity index (χ1v) is 11.3. The Kier molecular flexibility index (Phi) is 5.83. The van der Waals surface area contributed by atoms with Crippen molar-refractivity contribution < 1.29 is 4.79 Å². The molecule has 7 heteroatoms. The molecule has 0 radical (unpaired) electrons. The van der Waals surface area contributed by atoms with E-state index in [2.05, 4.69) is 62.5 Å². The minimum Gasteiger partial charge on any atom is -0.342 e. The van der Waals surface area contributed by atoms with E-state index < -0.39 is 0 Å². The zero-order valence-corrected chi connectivity index (χ0v) is 17.1. The van der Waals surface area contributed by atoms with Crippen molar-refractivity contribution in [1.82, 2.24) is 32.1 Å². The van der Waals surface area contributed by atoms with Gasteiger partial charge in [0, 0.05) is 43.7 Å². The van der Waals surface area contributed by atoms with Crippen LogP contribution in [-0.4, -0.2) is 48.6 Å². The van der Waals surface area contributed by atoms with E-state index in [4.69, 9.17) is 0 Å². The first kappa shape index (κ1) is 19.5. The molecule has 4 fully saturated rings. The molecule has 158 valence electrons. The highest BCUT2D eigenvalue weighted by molar-refractivity contribution is 5.79. The van der Waals surface area contributed by atoms with Crippen LogP contribution in [0.1, 0.15) is 37.7 Å². The van der Waals surface area contributed by atoms with Crippen molar-refractivity contribution in [3.8, 4) is 0 Å². The number of nitrogens with one attached hydrogen (secondary N) is 5. The van der Waals surface area contributed by atoms with Crippen LogP contribution in [0.5, 0.6) is 0 Å². The number of likely N-dealkylation sites (tertiary alicyclic amines) is 1. The second-order valence-electron chi connectivity index (χ2n) is 9.30. The van der Waals surface area contributed by atoms with Crippen LogP contribution in [-0.2, 0) is 11.2 Å². The van der Waals surface area contributed by atoms with Gasteiger partial charge in [-0.15, -0.1) is 0 Å². The Hall–Kier alpha value is -1.51. The summed E-state index contributed by atoms with van der Waals surface area (Å²) in [7, 11) is 0. The molecule has 1 aromatic carbocycles. The zero-order valence-electron chi connectivity index (χ0n) is 17.1. The smallest absolute Gasteiger partial charge is 0.225 e. The van der Waals surface area contributed by atoms with Crippen molar-refractivity contribution in [1.29, 1.82) is 0 Å². The molecule has 3 saturated heterocycles. The van der Waals surface area contributed by atoms with Crippen molar-refractivity contribution in [2.75, 3.05) is 19.6 Å². The molecule has 0 bridgehead atoms. The standard InChI is InChI=1S/C22H34N6O/c29-22(17-6-7-19-20(13-17)25-27-24-19)28-10-8-16(9-11-28)21-18(14-23-26-21)12-15-4-2-1-3-5-15/h1-5,16-21,23-27H,6-14H2. The van der Waals surface area contributed by atoms with E-state index in [1.165, 1.54) is 5.56 Å². The second-order valence-corrected chi connectivity index (χ2v) is 9.30. The predicted octanol–water partition coefficient (Wildman–Crippen LogP) is 0.710. The minimum absolute atomic E-state index is 0.180. The van der Waals surface area contributed by atoms with Gasteiger partial charge >= 0.3 is 0 Å². The Labute approximate surface area is 173 Å². The molecule has 3 aliphatic heterocycles. The van der Waals surface area contributed by atoms with Gasteiger partial charge in [0.15, 0.2) is 0 Å². The van der Waals surface area contributed by atoms with Crippen LogP contribution in [0, 0.1) is 17.8 Å². The second kappa shape index (κ2) is 8.70. The summed E-state index contributed by atoms with van der Waals surface area (Å²) in [5.41, 5.74) is 17.9. The number of carbonyl (C=O) groups is 1. The molecule has 5 rings (SSSR count).